The maximum absolute atomic E-state index is 11.9. The average Bonchev–Trinajstić information content (AvgIpc) is 2.63. The van der Waals surface area contributed by atoms with E-state index >= 15 is 0 Å². The molecule has 2 aromatic carbocycles. The van der Waals surface area contributed by atoms with Crippen molar-refractivity contribution in [1.29, 1.82) is 0 Å². The Kier molecular flexibility index (Phi) is 7.88. The topological polar surface area (TPSA) is 59.6 Å². The van der Waals surface area contributed by atoms with Crippen molar-refractivity contribution in [1.82, 2.24) is 5.32 Å². The number of rotatable bonds is 7. The monoisotopic (exact) mass is 406 g/mol. The summed E-state index contributed by atoms with van der Waals surface area (Å²) in [6.45, 7) is 6.48. The normalized spacial score (nSPS) is 11.4. The van der Waals surface area contributed by atoms with Gasteiger partial charge in [0.25, 0.3) is 0 Å². The first-order chi connectivity index (χ1) is 12.9. The van der Waals surface area contributed by atoms with Gasteiger partial charge >= 0.3 is 5.97 Å². The number of ether oxygens (including phenoxy) is 2. The van der Waals surface area contributed by atoms with Crippen LogP contribution in [0.4, 0.5) is 5.69 Å². The number of hydrogen-bond acceptors (Lipinski definition) is 4. The van der Waals surface area contributed by atoms with E-state index in [1.807, 2.05) is 38.1 Å². The van der Waals surface area contributed by atoms with Gasteiger partial charge in [-0.05, 0) is 63.3 Å². The van der Waals surface area contributed by atoms with Crippen LogP contribution in [-0.4, -0.2) is 30.3 Å². The first kappa shape index (κ1) is 21.0. The van der Waals surface area contributed by atoms with Gasteiger partial charge in [0.15, 0.2) is 5.11 Å². The van der Waals surface area contributed by atoms with Crippen molar-refractivity contribution in [3.8, 4) is 5.75 Å². The zero-order valence-electron chi connectivity index (χ0n) is 15.5. The molecule has 7 heteroatoms. The van der Waals surface area contributed by atoms with Gasteiger partial charge in [-0.25, -0.2) is 4.79 Å². The summed E-state index contributed by atoms with van der Waals surface area (Å²) in [7, 11) is 0. The summed E-state index contributed by atoms with van der Waals surface area (Å²) in [4.78, 5) is 11.9. The Morgan fingerprint density at radius 3 is 2.59 bits per heavy atom. The molecule has 0 saturated heterocycles. The standard InChI is InChI=1S/C20H23ClN2O3S/c1-4-25-19(24)17-11-15(7-10-18(17)21)23-20(27)22-14(3)12-26-16-8-5-13(2)6-9-16/h5-11,14H,4,12H2,1-3H3,(H2,22,23,27)/t14-/m0/s1. The minimum atomic E-state index is -0.468. The lowest BCUT2D eigenvalue weighted by Gasteiger charge is -2.18. The Morgan fingerprint density at radius 1 is 1.22 bits per heavy atom. The third-order valence-electron chi connectivity index (χ3n) is 3.62. The highest BCUT2D eigenvalue weighted by Crippen LogP contribution is 2.21. The van der Waals surface area contributed by atoms with Crippen LogP contribution in [0.25, 0.3) is 0 Å². The fraction of sp³-hybridized carbons (Fsp3) is 0.300. The summed E-state index contributed by atoms with van der Waals surface area (Å²) in [5, 5.41) is 6.94. The molecular weight excluding hydrogens is 384 g/mol. The Bertz CT molecular complexity index is 796. The quantitative estimate of drug-likeness (QED) is 0.518. The number of carbonyl (C=O) groups excluding carboxylic acids is 1. The van der Waals surface area contributed by atoms with E-state index in [0.29, 0.717) is 28.0 Å². The number of anilines is 1. The number of aryl methyl sites for hydroxylation is 1. The summed E-state index contributed by atoms with van der Waals surface area (Å²) in [6, 6.07) is 12.8. The molecule has 144 valence electrons. The fourth-order valence-electron chi connectivity index (χ4n) is 2.26. The van der Waals surface area contributed by atoms with E-state index in [2.05, 4.69) is 10.6 Å². The number of nitrogens with one attached hydrogen (secondary N) is 2. The SMILES string of the molecule is CCOC(=O)c1cc(NC(=S)N[C@@H](C)COc2ccc(C)cc2)ccc1Cl. The Labute approximate surface area is 170 Å². The number of carbonyl (C=O) groups is 1. The van der Waals surface area contributed by atoms with Gasteiger partial charge in [-0.15, -0.1) is 0 Å². The van der Waals surface area contributed by atoms with Crippen molar-refractivity contribution in [3.05, 3.63) is 58.6 Å². The minimum absolute atomic E-state index is 0.0110. The summed E-state index contributed by atoms with van der Waals surface area (Å²) in [5.41, 5.74) is 2.12. The summed E-state index contributed by atoms with van der Waals surface area (Å²) in [6.07, 6.45) is 0. The van der Waals surface area contributed by atoms with Gasteiger partial charge in [0.2, 0.25) is 0 Å². The van der Waals surface area contributed by atoms with Gasteiger partial charge in [0, 0.05) is 5.69 Å². The Hall–Kier alpha value is -2.31. The van der Waals surface area contributed by atoms with Gasteiger partial charge in [-0.2, -0.15) is 0 Å². The van der Waals surface area contributed by atoms with E-state index in [1.54, 1.807) is 25.1 Å². The van der Waals surface area contributed by atoms with Crippen molar-refractivity contribution in [3.63, 3.8) is 0 Å². The molecule has 0 radical (unpaired) electrons. The molecule has 0 unspecified atom stereocenters. The highest BCUT2D eigenvalue weighted by molar-refractivity contribution is 7.80. The molecule has 0 aliphatic heterocycles. The molecule has 0 fully saturated rings. The van der Waals surface area contributed by atoms with Crippen LogP contribution in [-0.2, 0) is 4.74 Å². The second-order valence-corrected chi connectivity index (χ2v) is 6.85. The molecule has 0 spiro atoms. The Balaban J connectivity index is 1.88. The molecule has 1 atom stereocenters. The molecule has 2 N–H and O–H groups in total. The third kappa shape index (κ3) is 6.73. The largest absolute Gasteiger partial charge is 0.491 e. The van der Waals surface area contributed by atoms with Crippen LogP contribution in [0.5, 0.6) is 5.75 Å². The Morgan fingerprint density at radius 2 is 1.93 bits per heavy atom. The number of benzene rings is 2. The molecule has 0 aliphatic rings. The van der Waals surface area contributed by atoms with Crippen molar-refractivity contribution in [2.75, 3.05) is 18.5 Å². The lowest BCUT2D eigenvalue weighted by atomic mass is 10.2. The minimum Gasteiger partial charge on any atom is -0.491 e. The predicted octanol–water partition coefficient (Wildman–Crippen LogP) is 4.58. The van der Waals surface area contributed by atoms with Crippen LogP contribution in [0, 0.1) is 6.92 Å². The van der Waals surface area contributed by atoms with Crippen molar-refractivity contribution in [2.24, 2.45) is 0 Å². The van der Waals surface area contributed by atoms with E-state index < -0.39 is 5.97 Å². The van der Waals surface area contributed by atoms with Gasteiger partial charge < -0.3 is 20.1 Å². The second-order valence-electron chi connectivity index (χ2n) is 6.04. The van der Waals surface area contributed by atoms with Crippen molar-refractivity contribution >= 4 is 40.6 Å². The van der Waals surface area contributed by atoms with Gasteiger partial charge in [-0.3, -0.25) is 0 Å². The molecule has 0 amide bonds. The molecule has 2 rings (SSSR count). The van der Waals surface area contributed by atoms with E-state index in [0.717, 1.165) is 5.75 Å². The van der Waals surface area contributed by atoms with Crippen LogP contribution in [0.3, 0.4) is 0 Å². The maximum Gasteiger partial charge on any atom is 0.339 e. The summed E-state index contributed by atoms with van der Waals surface area (Å²) in [5.74, 6) is 0.342. The van der Waals surface area contributed by atoms with Crippen LogP contribution in [0.15, 0.2) is 42.5 Å². The highest BCUT2D eigenvalue weighted by Gasteiger charge is 2.13. The second kappa shape index (κ2) is 10.1. The zero-order chi connectivity index (χ0) is 19.8. The number of hydrogen-bond donors (Lipinski definition) is 2. The number of esters is 1. The zero-order valence-corrected chi connectivity index (χ0v) is 17.1. The van der Waals surface area contributed by atoms with E-state index in [4.69, 9.17) is 33.3 Å². The smallest absolute Gasteiger partial charge is 0.339 e. The first-order valence-corrected chi connectivity index (χ1v) is 9.41. The molecule has 0 saturated carbocycles. The summed E-state index contributed by atoms with van der Waals surface area (Å²) >= 11 is 11.4. The molecule has 0 bridgehead atoms. The predicted molar refractivity (Wildman–Crippen MR) is 113 cm³/mol. The van der Waals surface area contributed by atoms with Gasteiger partial charge in [-0.1, -0.05) is 29.3 Å². The molecule has 5 nitrogen and oxygen atoms in total. The van der Waals surface area contributed by atoms with E-state index in [-0.39, 0.29) is 12.6 Å². The van der Waals surface area contributed by atoms with E-state index in [9.17, 15) is 4.79 Å². The third-order valence-corrected chi connectivity index (χ3v) is 4.17. The molecule has 27 heavy (non-hydrogen) atoms. The average molecular weight is 407 g/mol. The van der Waals surface area contributed by atoms with E-state index in [1.165, 1.54) is 5.56 Å². The van der Waals surface area contributed by atoms with Crippen LogP contribution < -0.4 is 15.4 Å². The molecule has 2 aromatic rings. The summed E-state index contributed by atoms with van der Waals surface area (Å²) < 4.78 is 10.7. The number of thiocarbonyl (C=S) groups is 1. The van der Waals surface area contributed by atoms with Crippen molar-refractivity contribution < 1.29 is 14.3 Å². The molecule has 0 heterocycles. The van der Waals surface area contributed by atoms with Crippen LogP contribution in [0.1, 0.15) is 29.8 Å². The molecular formula is C20H23ClN2O3S. The highest BCUT2D eigenvalue weighted by atomic mass is 35.5. The van der Waals surface area contributed by atoms with Gasteiger partial charge in [0.1, 0.15) is 12.4 Å². The maximum atomic E-state index is 11.9. The molecule has 0 aliphatic carbocycles. The first-order valence-electron chi connectivity index (χ1n) is 8.62. The fourth-order valence-corrected chi connectivity index (χ4v) is 2.77. The number of halogens is 1. The van der Waals surface area contributed by atoms with Crippen molar-refractivity contribution in [2.45, 2.75) is 26.8 Å². The lowest BCUT2D eigenvalue weighted by Crippen LogP contribution is -2.39. The lowest BCUT2D eigenvalue weighted by molar-refractivity contribution is 0.0526. The van der Waals surface area contributed by atoms with Crippen LogP contribution >= 0.6 is 23.8 Å². The molecule has 0 aromatic heterocycles. The van der Waals surface area contributed by atoms with Gasteiger partial charge in [0.05, 0.1) is 23.2 Å². The van der Waals surface area contributed by atoms with Crippen LogP contribution in [0.2, 0.25) is 5.02 Å².